The van der Waals surface area contributed by atoms with E-state index in [0.717, 1.165) is 73.9 Å². The third-order valence-corrected chi connectivity index (χ3v) is 7.15. The predicted octanol–water partition coefficient (Wildman–Crippen LogP) is 5.52. The summed E-state index contributed by atoms with van der Waals surface area (Å²) in [4.78, 5) is 15.9. The van der Waals surface area contributed by atoms with Gasteiger partial charge in [0, 0.05) is 18.4 Å². The summed E-state index contributed by atoms with van der Waals surface area (Å²) in [6.45, 7) is 2.85. The highest BCUT2D eigenvalue weighted by molar-refractivity contribution is 5.85. The molecule has 1 aromatic heterocycles. The summed E-state index contributed by atoms with van der Waals surface area (Å²) in [7, 11) is 0. The first-order valence-corrected chi connectivity index (χ1v) is 12.8. The van der Waals surface area contributed by atoms with Crippen LogP contribution in [0.5, 0.6) is 0 Å². The molecule has 5 nitrogen and oxygen atoms in total. The molecule has 0 aliphatic carbocycles. The number of likely N-dealkylation sites (tertiary alicyclic amines) is 1. The Bertz CT molecular complexity index is 1390. The normalized spacial score (nSPS) is 15.9. The number of fused-ring (bicyclic) bond motifs is 1. The van der Waals surface area contributed by atoms with Crippen LogP contribution in [-0.4, -0.2) is 39.8 Å². The molecule has 0 amide bonds. The van der Waals surface area contributed by atoms with Crippen molar-refractivity contribution in [2.75, 3.05) is 19.6 Å². The maximum atomic E-state index is 13.4. The van der Waals surface area contributed by atoms with Crippen LogP contribution in [0.3, 0.4) is 0 Å². The Kier molecular flexibility index (Phi) is 10.5. The Morgan fingerprint density at radius 3 is 2.37 bits per heavy atom. The summed E-state index contributed by atoms with van der Waals surface area (Å²) in [5.74, 6) is -0.447. The first-order valence-electron chi connectivity index (χ1n) is 12.8. The minimum atomic E-state index is -0.263. The molecule has 0 radical (unpaired) electrons. The third-order valence-electron chi connectivity index (χ3n) is 7.15. The van der Waals surface area contributed by atoms with Gasteiger partial charge in [-0.05, 0) is 86.7 Å². The Morgan fingerprint density at radius 1 is 0.842 bits per heavy atom. The second kappa shape index (κ2) is 13.6. The fourth-order valence-electron chi connectivity index (χ4n) is 5.25. The minimum Gasteiger partial charge on any atom is -0.412 e. The number of aromatic nitrogens is 2. The largest absolute Gasteiger partial charge is 0.412 e. The number of hydrogen-bond acceptors (Lipinski definition) is 3. The molecule has 38 heavy (non-hydrogen) atoms. The lowest BCUT2D eigenvalue weighted by Gasteiger charge is -2.21. The van der Waals surface area contributed by atoms with Gasteiger partial charge in [0.25, 0.3) is 5.56 Å². The Morgan fingerprint density at radius 2 is 1.61 bits per heavy atom. The van der Waals surface area contributed by atoms with Gasteiger partial charge >= 0.3 is 0 Å². The van der Waals surface area contributed by atoms with Gasteiger partial charge in [0.2, 0.25) is 0 Å². The van der Waals surface area contributed by atoms with Crippen LogP contribution in [0.25, 0.3) is 10.8 Å². The molecule has 0 bridgehead atoms. The van der Waals surface area contributed by atoms with Crippen LogP contribution in [0.1, 0.15) is 48.5 Å². The molecule has 1 fully saturated rings. The maximum absolute atomic E-state index is 13.4. The standard InChI is InChI=1S/C30H31F2N3O.ClH.H2O/c31-24-14-12-23(13-15-24)21-29-27-10-1-2-11-28(27)30(36)35(33-29)26-9-5-18-34(19-16-26)17-4-7-22-6-3-8-25(32)20-22;;/h1-3,6,8,10-15,20,26H,4-5,7,9,16-19,21H2;1H;1H2. The van der Waals surface area contributed by atoms with Crippen molar-refractivity contribution in [1.82, 2.24) is 14.7 Å². The predicted molar refractivity (Wildman–Crippen MR) is 150 cm³/mol. The maximum Gasteiger partial charge on any atom is 0.274 e. The molecule has 2 N–H and O–H groups in total. The van der Waals surface area contributed by atoms with Gasteiger partial charge < -0.3 is 10.4 Å². The molecule has 5 rings (SSSR count). The van der Waals surface area contributed by atoms with Crippen molar-refractivity contribution in [2.24, 2.45) is 0 Å². The van der Waals surface area contributed by atoms with Gasteiger partial charge in [-0.1, -0.05) is 42.5 Å². The van der Waals surface area contributed by atoms with Crippen molar-refractivity contribution in [2.45, 2.75) is 44.6 Å². The summed E-state index contributed by atoms with van der Waals surface area (Å²) < 4.78 is 28.6. The van der Waals surface area contributed by atoms with Gasteiger partial charge in [-0.25, -0.2) is 13.5 Å². The van der Waals surface area contributed by atoms with E-state index >= 15 is 0 Å². The zero-order valence-corrected chi connectivity index (χ0v) is 22.1. The molecular formula is C30H34ClF2N3O2. The van der Waals surface area contributed by atoms with Crippen LogP contribution < -0.4 is 5.56 Å². The van der Waals surface area contributed by atoms with Crippen LogP contribution >= 0.6 is 12.4 Å². The Balaban J connectivity index is 0.00000200. The second-order valence-electron chi connectivity index (χ2n) is 9.71. The molecule has 1 atom stereocenters. The molecule has 1 aliphatic rings. The van der Waals surface area contributed by atoms with E-state index in [-0.39, 0.29) is 41.1 Å². The molecule has 1 aliphatic heterocycles. The molecule has 0 saturated carbocycles. The molecular weight excluding hydrogens is 508 g/mol. The minimum absolute atomic E-state index is 0. The van der Waals surface area contributed by atoms with Gasteiger partial charge in [0.1, 0.15) is 11.6 Å². The van der Waals surface area contributed by atoms with E-state index in [1.165, 1.54) is 18.2 Å². The quantitative estimate of drug-likeness (QED) is 0.309. The molecule has 202 valence electrons. The molecule has 0 spiro atoms. The van der Waals surface area contributed by atoms with Crippen molar-refractivity contribution in [1.29, 1.82) is 0 Å². The number of hydrogen-bond donors (Lipinski definition) is 0. The first-order chi connectivity index (χ1) is 17.6. The summed E-state index contributed by atoms with van der Waals surface area (Å²) in [5.41, 5.74) is 2.79. The molecule has 2 heterocycles. The lowest BCUT2D eigenvalue weighted by Crippen LogP contribution is -2.30. The van der Waals surface area contributed by atoms with Crippen LogP contribution in [-0.2, 0) is 12.8 Å². The van der Waals surface area contributed by atoms with Gasteiger partial charge in [0.15, 0.2) is 0 Å². The smallest absolute Gasteiger partial charge is 0.274 e. The highest BCUT2D eigenvalue weighted by Crippen LogP contribution is 2.24. The summed E-state index contributed by atoms with van der Waals surface area (Å²) in [6, 6.07) is 21.0. The van der Waals surface area contributed by atoms with E-state index in [1.807, 2.05) is 30.3 Å². The SMILES string of the molecule is Cl.O.O=c1c2ccccc2c(Cc2ccc(F)cc2)nn1C1CCCN(CCCc2cccc(F)c2)CC1. The van der Waals surface area contributed by atoms with Gasteiger partial charge in [-0.15, -0.1) is 12.4 Å². The van der Waals surface area contributed by atoms with Crippen molar-refractivity contribution in [3.63, 3.8) is 0 Å². The van der Waals surface area contributed by atoms with E-state index in [4.69, 9.17) is 5.10 Å². The third kappa shape index (κ3) is 7.04. The van der Waals surface area contributed by atoms with Crippen LogP contribution in [0.15, 0.2) is 77.6 Å². The van der Waals surface area contributed by atoms with Gasteiger partial charge in [-0.3, -0.25) is 4.79 Å². The summed E-state index contributed by atoms with van der Waals surface area (Å²) >= 11 is 0. The van der Waals surface area contributed by atoms with Gasteiger partial charge in [-0.2, -0.15) is 5.10 Å². The van der Waals surface area contributed by atoms with Crippen molar-refractivity contribution >= 4 is 23.2 Å². The molecule has 8 heteroatoms. The second-order valence-corrected chi connectivity index (χ2v) is 9.71. The van der Waals surface area contributed by atoms with E-state index in [1.54, 1.807) is 28.9 Å². The molecule has 1 saturated heterocycles. The number of rotatable bonds is 7. The van der Waals surface area contributed by atoms with E-state index in [2.05, 4.69) is 4.90 Å². The average molecular weight is 542 g/mol. The van der Waals surface area contributed by atoms with E-state index in [0.29, 0.717) is 11.8 Å². The highest BCUT2D eigenvalue weighted by atomic mass is 35.5. The zero-order chi connectivity index (χ0) is 24.9. The lowest BCUT2D eigenvalue weighted by molar-refractivity contribution is 0.275. The topological polar surface area (TPSA) is 69.6 Å². The van der Waals surface area contributed by atoms with Crippen molar-refractivity contribution < 1.29 is 14.3 Å². The van der Waals surface area contributed by atoms with Crippen molar-refractivity contribution in [3.05, 3.63) is 112 Å². The van der Waals surface area contributed by atoms with Crippen LogP contribution in [0, 0.1) is 11.6 Å². The molecule has 4 aromatic rings. The Labute approximate surface area is 227 Å². The number of nitrogens with zero attached hydrogens (tertiary/aromatic N) is 3. The number of aryl methyl sites for hydroxylation is 1. The van der Waals surface area contributed by atoms with Crippen LogP contribution in [0.2, 0.25) is 0 Å². The average Bonchev–Trinajstić information content (AvgIpc) is 3.13. The van der Waals surface area contributed by atoms with Gasteiger partial charge in [0.05, 0.1) is 17.1 Å². The summed E-state index contributed by atoms with van der Waals surface area (Å²) in [6.07, 6.45) is 5.14. The molecule has 1 unspecified atom stereocenters. The number of halogens is 3. The fourth-order valence-corrected chi connectivity index (χ4v) is 5.25. The monoisotopic (exact) mass is 541 g/mol. The molecule has 3 aromatic carbocycles. The lowest BCUT2D eigenvalue weighted by atomic mass is 10.0. The fraction of sp³-hybridized carbons (Fsp3) is 0.333. The van der Waals surface area contributed by atoms with E-state index < -0.39 is 0 Å². The zero-order valence-electron chi connectivity index (χ0n) is 21.3. The first kappa shape index (κ1) is 29.4. The number of benzene rings is 3. The van der Waals surface area contributed by atoms with Crippen molar-refractivity contribution in [3.8, 4) is 0 Å². The van der Waals surface area contributed by atoms with Crippen LogP contribution in [0.4, 0.5) is 8.78 Å². The summed E-state index contributed by atoms with van der Waals surface area (Å²) in [5, 5.41) is 6.41. The Hall–Kier alpha value is -3.13. The van der Waals surface area contributed by atoms with E-state index in [9.17, 15) is 13.6 Å². The highest BCUT2D eigenvalue weighted by Gasteiger charge is 2.22.